The highest BCUT2D eigenvalue weighted by Crippen LogP contribution is 2.17. The summed E-state index contributed by atoms with van der Waals surface area (Å²) in [6.45, 7) is 3.39. The molecule has 1 aliphatic rings. The normalized spacial score (nSPS) is 14.2. The number of piperazine rings is 1. The maximum atomic E-state index is 9.42. The molecule has 0 spiro atoms. The smallest absolute Gasteiger partial charge is 0.115 e. The molecule has 6 heteroatoms. The second-order valence-electron chi connectivity index (χ2n) is 6.57. The highest BCUT2D eigenvalue weighted by atomic mass is 32.1. The van der Waals surface area contributed by atoms with Crippen LogP contribution < -0.4 is 4.90 Å². The zero-order valence-corrected chi connectivity index (χ0v) is 16.7. The van der Waals surface area contributed by atoms with Crippen molar-refractivity contribution in [3.63, 3.8) is 0 Å². The van der Waals surface area contributed by atoms with E-state index in [2.05, 4.69) is 39.0 Å². The molecule has 0 amide bonds. The van der Waals surface area contributed by atoms with Crippen LogP contribution in [0.2, 0.25) is 0 Å². The molecule has 1 saturated heterocycles. The number of anilines is 1. The lowest BCUT2D eigenvalue weighted by atomic mass is 10.1. The first-order valence-corrected chi connectivity index (χ1v) is 9.42. The number of phenols is 1. The van der Waals surface area contributed by atoms with Gasteiger partial charge in [0.1, 0.15) is 15.7 Å². The number of rotatable bonds is 3. The largest absolute Gasteiger partial charge is 0.508 e. The van der Waals surface area contributed by atoms with E-state index in [0.29, 0.717) is 0 Å². The molecule has 0 aromatic heterocycles. The van der Waals surface area contributed by atoms with Crippen LogP contribution in [-0.4, -0.2) is 65.2 Å². The average molecular weight is 386 g/mol. The average Bonchev–Trinajstić information content (AvgIpc) is 2.67. The molecule has 2 aromatic rings. The summed E-state index contributed by atoms with van der Waals surface area (Å²) in [6.07, 6.45) is 0. The molecule has 4 nitrogen and oxygen atoms in total. The highest BCUT2D eigenvalue weighted by molar-refractivity contribution is 7.81. The molecule has 1 aliphatic heterocycles. The van der Waals surface area contributed by atoms with E-state index in [4.69, 9.17) is 24.4 Å². The SMILES string of the molecule is CN(C)c1ccc(C(=S)N2CCN(C(=S)c3ccc(O)cc3)CC2)cc1. The van der Waals surface area contributed by atoms with E-state index in [9.17, 15) is 5.11 Å². The maximum absolute atomic E-state index is 9.42. The van der Waals surface area contributed by atoms with Crippen molar-refractivity contribution in [2.45, 2.75) is 0 Å². The predicted octanol–water partition coefficient (Wildman–Crippen LogP) is 3.13. The van der Waals surface area contributed by atoms with Crippen LogP contribution in [0.4, 0.5) is 5.69 Å². The van der Waals surface area contributed by atoms with Gasteiger partial charge in [0.2, 0.25) is 0 Å². The van der Waals surface area contributed by atoms with Crippen molar-refractivity contribution in [2.75, 3.05) is 45.2 Å². The molecule has 1 fully saturated rings. The number of phenolic OH excluding ortho intramolecular Hbond substituents is 1. The van der Waals surface area contributed by atoms with Crippen LogP contribution in [0, 0.1) is 0 Å². The van der Waals surface area contributed by atoms with E-state index in [1.54, 1.807) is 12.1 Å². The molecule has 0 bridgehead atoms. The van der Waals surface area contributed by atoms with Gasteiger partial charge in [0.05, 0.1) is 0 Å². The number of aromatic hydroxyl groups is 1. The molecule has 2 aromatic carbocycles. The van der Waals surface area contributed by atoms with Crippen molar-refractivity contribution in [3.8, 4) is 5.75 Å². The Bertz CT molecular complexity index is 780. The monoisotopic (exact) mass is 385 g/mol. The number of hydrogen-bond acceptors (Lipinski definition) is 4. The van der Waals surface area contributed by atoms with Crippen molar-refractivity contribution in [1.82, 2.24) is 9.80 Å². The predicted molar refractivity (Wildman–Crippen MR) is 115 cm³/mol. The first-order valence-electron chi connectivity index (χ1n) is 8.60. The van der Waals surface area contributed by atoms with Gasteiger partial charge in [0.25, 0.3) is 0 Å². The molecular formula is C20H23N3OS2. The molecule has 0 radical (unpaired) electrons. The third-order valence-electron chi connectivity index (χ3n) is 4.60. The standard InChI is InChI=1S/C20H23N3OS2/c1-21(2)17-7-3-15(4-8-17)19(25)22-11-13-23(14-12-22)20(26)16-5-9-18(24)10-6-16/h3-10,24H,11-14H2,1-2H3. The Morgan fingerprint density at radius 1 is 0.769 bits per heavy atom. The van der Waals surface area contributed by atoms with Crippen molar-refractivity contribution < 1.29 is 5.11 Å². The van der Waals surface area contributed by atoms with Crippen LogP contribution in [0.3, 0.4) is 0 Å². The minimum absolute atomic E-state index is 0.256. The van der Waals surface area contributed by atoms with E-state index in [1.807, 2.05) is 26.2 Å². The van der Waals surface area contributed by atoms with Gasteiger partial charge in [-0.1, -0.05) is 24.4 Å². The first kappa shape index (κ1) is 18.6. The van der Waals surface area contributed by atoms with Crippen molar-refractivity contribution >= 4 is 40.1 Å². The Morgan fingerprint density at radius 2 is 1.15 bits per heavy atom. The summed E-state index contributed by atoms with van der Waals surface area (Å²) in [7, 11) is 4.06. The lowest BCUT2D eigenvalue weighted by Gasteiger charge is -2.37. The summed E-state index contributed by atoms with van der Waals surface area (Å²) in [5.41, 5.74) is 3.22. The highest BCUT2D eigenvalue weighted by Gasteiger charge is 2.22. The zero-order valence-electron chi connectivity index (χ0n) is 15.1. The summed E-state index contributed by atoms with van der Waals surface area (Å²) < 4.78 is 0. The van der Waals surface area contributed by atoms with Gasteiger partial charge in [0, 0.05) is 57.1 Å². The third kappa shape index (κ3) is 4.14. The fourth-order valence-corrected chi connectivity index (χ4v) is 3.62. The van der Waals surface area contributed by atoms with Crippen LogP contribution in [-0.2, 0) is 0 Å². The van der Waals surface area contributed by atoms with E-state index in [-0.39, 0.29) is 5.75 Å². The number of hydrogen-bond donors (Lipinski definition) is 1. The van der Waals surface area contributed by atoms with Gasteiger partial charge in [0.15, 0.2) is 0 Å². The summed E-state index contributed by atoms with van der Waals surface area (Å²) >= 11 is 11.3. The Hall–Kier alpha value is -2.18. The minimum Gasteiger partial charge on any atom is -0.508 e. The van der Waals surface area contributed by atoms with Crippen LogP contribution in [0.1, 0.15) is 11.1 Å². The fourth-order valence-electron chi connectivity index (χ4n) is 2.98. The summed E-state index contributed by atoms with van der Waals surface area (Å²) in [5, 5.41) is 9.42. The van der Waals surface area contributed by atoms with Crippen molar-refractivity contribution in [2.24, 2.45) is 0 Å². The third-order valence-corrected chi connectivity index (χ3v) is 5.59. The van der Waals surface area contributed by atoms with Gasteiger partial charge in [-0.2, -0.15) is 0 Å². The van der Waals surface area contributed by atoms with Crippen molar-refractivity contribution in [3.05, 3.63) is 59.7 Å². The molecular weight excluding hydrogens is 362 g/mol. The van der Waals surface area contributed by atoms with Crippen LogP contribution in [0.25, 0.3) is 0 Å². The lowest BCUT2D eigenvalue weighted by Crippen LogP contribution is -2.50. The van der Waals surface area contributed by atoms with Crippen LogP contribution >= 0.6 is 24.4 Å². The Labute approximate surface area is 165 Å². The minimum atomic E-state index is 0.256. The van der Waals surface area contributed by atoms with Gasteiger partial charge in [-0.3, -0.25) is 0 Å². The van der Waals surface area contributed by atoms with E-state index in [1.165, 1.54) is 5.69 Å². The Balaban J connectivity index is 1.60. The zero-order chi connectivity index (χ0) is 18.7. The lowest BCUT2D eigenvalue weighted by molar-refractivity contribution is 0.265. The van der Waals surface area contributed by atoms with Gasteiger partial charge in [-0.05, 0) is 48.5 Å². The fraction of sp³-hybridized carbons (Fsp3) is 0.300. The van der Waals surface area contributed by atoms with Crippen molar-refractivity contribution in [1.29, 1.82) is 0 Å². The molecule has 26 heavy (non-hydrogen) atoms. The maximum Gasteiger partial charge on any atom is 0.115 e. The molecule has 1 heterocycles. The van der Waals surface area contributed by atoms with Gasteiger partial charge >= 0.3 is 0 Å². The number of benzene rings is 2. The second kappa shape index (κ2) is 8.01. The molecule has 0 aliphatic carbocycles. The molecule has 0 unspecified atom stereocenters. The van der Waals surface area contributed by atoms with Gasteiger partial charge < -0.3 is 19.8 Å². The molecule has 136 valence electrons. The summed E-state index contributed by atoms with van der Waals surface area (Å²) in [4.78, 5) is 8.25. The van der Waals surface area contributed by atoms with E-state index >= 15 is 0 Å². The molecule has 3 rings (SSSR count). The number of thiocarbonyl (C=S) groups is 2. The summed E-state index contributed by atoms with van der Waals surface area (Å²) in [6, 6.07) is 15.4. The Kier molecular flexibility index (Phi) is 5.74. The Morgan fingerprint density at radius 3 is 1.54 bits per heavy atom. The van der Waals surface area contributed by atoms with Gasteiger partial charge in [-0.15, -0.1) is 0 Å². The van der Waals surface area contributed by atoms with E-state index in [0.717, 1.165) is 47.3 Å². The van der Waals surface area contributed by atoms with Crippen LogP contribution in [0.5, 0.6) is 5.75 Å². The van der Waals surface area contributed by atoms with Crippen LogP contribution in [0.15, 0.2) is 48.5 Å². The molecule has 1 N–H and O–H groups in total. The molecule has 0 atom stereocenters. The topological polar surface area (TPSA) is 30.0 Å². The van der Waals surface area contributed by atoms with Gasteiger partial charge in [-0.25, -0.2) is 0 Å². The number of nitrogens with zero attached hydrogens (tertiary/aromatic N) is 3. The quantitative estimate of drug-likeness (QED) is 0.817. The van der Waals surface area contributed by atoms with E-state index < -0.39 is 0 Å². The first-order chi connectivity index (χ1) is 12.5. The molecule has 0 saturated carbocycles. The summed E-state index contributed by atoms with van der Waals surface area (Å²) in [5.74, 6) is 0.256. The second-order valence-corrected chi connectivity index (χ2v) is 7.35.